The van der Waals surface area contributed by atoms with Crippen molar-refractivity contribution < 1.29 is 19.1 Å². The van der Waals surface area contributed by atoms with Crippen molar-refractivity contribution in [3.05, 3.63) is 47.0 Å². The fourth-order valence-corrected chi connectivity index (χ4v) is 3.12. The first kappa shape index (κ1) is 16.2. The molecule has 0 aliphatic carbocycles. The first-order valence-electron chi connectivity index (χ1n) is 7.75. The molecule has 6 nitrogen and oxygen atoms in total. The first-order chi connectivity index (χ1) is 11.4. The van der Waals surface area contributed by atoms with Crippen LogP contribution in [-0.4, -0.2) is 44.3 Å². The van der Waals surface area contributed by atoms with Crippen LogP contribution in [0.1, 0.15) is 34.6 Å². The van der Waals surface area contributed by atoms with Gasteiger partial charge in [0.2, 0.25) is 0 Å². The number of carboxylic acid groups (broad SMARTS) is 1. The third-order valence-electron chi connectivity index (χ3n) is 4.23. The lowest BCUT2D eigenvalue weighted by atomic mass is 10.1. The van der Waals surface area contributed by atoms with Gasteiger partial charge in [0.25, 0.3) is 5.91 Å². The number of hydrogen-bond acceptors (Lipinski definition) is 3. The Morgan fingerprint density at radius 2 is 2.04 bits per heavy atom. The van der Waals surface area contributed by atoms with Gasteiger partial charge < -0.3 is 10.0 Å². The van der Waals surface area contributed by atoms with E-state index in [9.17, 15) is 19.1 Å². The molecule has 7 heteroatoms. The van der Waals surface area contributed by atoms with E-state index in [1.165, 1.54) is 21.7 Å². The summed E-state index contributed by atoms with van der Waals surface area (Å²) in [5.41, 5.74) is 1.96. The van der Waals surface area contributed by atoms with Crippen LogP contribution in [0.15, 0.2) is 24.3 Å². The maximum Gasteiger partial charge on any atom is 0.326 e. The number of rotatable bonds is 3. The van der Waals surface area contributed by atoms with Gasteiger partial charge in [0.05, 0.1) is 5.69 Å². The molecule has 0 spiro atoms. The lowest BCUT2D eigenvalue weighted by Crippen LogP contribution is -2.40. The highest BCUT2D eigenvalue weighted by atomic mass is 19.1. The minimum Gasteiger partial charge on any atom is -0.480 e. The Morgan fingerprint density at radius 1 is 1.29 bits per heavy atom. The molecule has 1 aromatic heterocycles. The summed E-state index contributed by atoms with van der Waals surface area (Å²) in [5, 5.41) is 13.4. The second kappa shape index (κ2) is 6.07. The molecule has 1 aromatic carbocycles. The zero-order valence-corrected chi connectivity index (χ0v) is 13.5. The number of aliphatic carboxylic acids is 1. The third kappa shape index (κ3) is 2.77. The van der Waals surface area contributed by atoms with Gasteiger partial charge in [-0.25, -0.2) is 13.9 Å². The van der Waals surface area contributed by atoms with Gasteiger partial charge in [-0.1, -0.05) is 0 Å². The Balaban J connectivity index is 1.91. The standard InChI is InChI=1S/C17H18FN3O3/c1-10-8-11(2)21(19-10)14-6-5-12(9-13(14)18)16(22)20-7-3-4-15(20)17(23)24/h5-6,8-9,15H,3-4,7H2,1-2H3,(H,23,24)/t15-/m0/s1. The molecule has 0 unspecified atom stereocenters. The molecule has 24 heavy (non-hydrogen) atoms. The van der Waals surface area contributed by atoms with Crippen molar-refractivity contribution in [2.24, 2.45) is 0 Å². The molecule has 1 atom stereocenters. The highest BCUT2D eigenvalue weighted by molar-refractivity contribution is 5.97. The van der Waals surface area contributed by atoms with Gasteiger partial charge in [0.1, 0.15) is 17.5 Å². The Bertz CT molecular complexity index is 815. The van der Waals surface area contributed by atoms with Crippen LogP contribution in [0.5, 0.6) is 0 Å². The number of aryl methyl sites for hydroxylation is 2. The fourth-order valence-electron chi connectivity index (χ4n) is 3.12. The number of likely N-dealkylation sites (tertiary alicyclic amines) is 1. The van der Waals surface area contributed by atoms with E-state index in [2.05, 4.69) is 5.10 Å². The third-order valence-corrected chi connectivity index (χ3v) is 4.23. The molecule has 126 valence electrons. The number of carboxylic acids is 1. The van der Waals surface area contributed by atoms with Crippen LogP contribution < -0.4 is 0 Å². The highest BCUT2D eigenvalue weighted by Crippen LogP contribution is 2.23. The quantitative estimate of drug-likeness (QED) is 0.936. The Kier molecular flexibility index (Phi) is 4.09. The molecule has 1 N–H and O–H groups in total. The molecule has 1 aliphatic heterocycles. The van der Waals surface area contributed by atoms with Crippen LogP contribution in [0.25, 0.3) is 5.69 Å². The van der Waals surface area contributed by atoms with Crippen molar-refractivity contribution in [2.45, 2.75) is 32.7 Å². The zero-order valence-electron chi connectivity index (χ0n) is 13.5. The van der Waals surface area contributed by atoms with Gasteiger partial charge in [-0.2, -0.15) is 5.10 Å². The Morgan fingerprint density at radius 3 is 2.62 bits per heavy atom. The van der Waals surface area contributed by atoms with Crippen molar-refractivity contribution in [3.8, 4) is 5.69 Å². The van der Waals surface area contributed by atoms with Crippen LogP contribution >= 0.6 is 0 Å². The summed E-state index contributed by atoms with van der Waals surface area (Å²) in [7, 11) is 0. The lowest BCUT2D eigenvalue weighted by molar-refractivity contribution is -0.141. The maximum absolute atomic E-state index is 14.5. The van der Waals surface area contributed by atoms with Crippen molar-refractivity contribution in [1.29, 1.82) is 0 Å². The van der Waals surface area contributed by atoms with Gasteiger partial charge >= 0.3 is 5.97 Å². The Hall–Kier alpha value is -2.70. The van der Waals surface area contributed by atoms with Gasteiger partial charge in [-0.05, 0) is 51.0 Å². The molecule has 1 aliphatic rings. The van der Waals surface area contributed by atoms with E-state index < -0.39 is 23.7 Å². The van der Waals surface area contributed by atoms with Gasteiger partial charge in [0, 0.05) is 17.8 Å². The molecule has 2 heterocycles. The summed E-state index contributed by atoms with van der Waals surface area (Å²) in [6.07, 6.45) is 1.06. The topological polar surface area (TPSA) is 75.4 Å². The summed E-state index contributed by atoms with van der Waals surface area (Å²) in [4.78, 5) is 25.0. The number of carbonyl (C=O) groups is 2. The largest absolute Gasteiger partial charge is 0.480 e. The summed E-state index contributed by atoms with van der Waals surface area (Å²) in [5.74, 6) is -2.06. The summed E-state index contributed by atoms with van der Waals surface area (Å²) in [6.45, 7) is 4.01. The minimum absolute atomic E-state index is 0.144. The van der Waals surface area contributed by atoms with Gasteiger partial charge in [0.15, 0.2) is 0 Å². The molecular weight excluding hydrogens is 313 g/mol. The monoisotopic (exact) mass is 331 g/mol. The van der Waals surface area contributed by atoms with Crippen molar-refractivity contribution in [3.63, 3.8) is 0 Å². The molecular formula is C17H18FN3O3. The summed E-state index contributed by atoms with van der Waals surface area (Å²) < 4.78 is 16.0. The number of nitrogens with zero attached hydrogens (tertiary/aromatic N) is 3. The molecule has 0 saturated carbocycles. The second-order valence-electron chi connectivity index (χ2n) is 6.00. The maximum atomic E-state index is 14.5. The van der Waals surface area contributed by atoms with Crippen LogP contribution in [0.4, 0.5) is 4.39 Å². The summed E-state index contributed by atoms with van der Waals surface area (Å²) >= 11 is 0. The normalized spacial score (nSPS) is 17.3. The summed E-state index contributed by atoms with van der Waals surface area (Å²) in [6, 6.07) is 5.14. The van der Waals surface area contributed by atoms with Crippen LogP contribution in [0.2, 0.25) is 0 Å². The predicted molar refractivity (Wildman–Crippen MR) is 84.7 cm³/mol. The number of amides is 1. The molecule has 0 bridgehead atoms. The van der Waals surface area contributed by atoms with Gasteiger partial charge in [-0.15, -0.1) is 0 Å². The first-order valence-corrected chi connectivity index (χ1v) is 7.75. The van der Waals surface area contributed by atoms with Crippen molar-refractivity contribution >= 4 is 11.9 Å². The van der Waals surface area contributed by atoms with E-state index in [1.54, 1.807) is 0 Å². The minimum atomic E-state index is -1.03. The van der Waals surface area contributed by atoms with E-state index in [0.29, 0.717) is 19.4 Å². The smallest absolute Gasteiger partial charge is 0.326 e. The molecule has 1 saturated heterocycles. The molecule has 0 radical (unpaired) electrons. The van der Waals surface area contributed by atoms with E-state index >= 15 is 0 Å². The zero-order chi connectivity index (χ0) is 17.4. The van der Waals surface area contributed by atoms with E-state index in [-0.39, 0.29) is 11.3 Å². The van der Waals surface area contributed by atoms with E-state index in [4.69, 9.17) is 0 Å². The molecule has 1 fully saturated rings. The van der Waals surface area contributed by atoms with Crippen LogP contribution in [0, 0.1) is 19.7 Å². The van der Waals surface area contributed by atoms with Crippen molar-refractivity contribution in [1.82, 2.24) is 14.7 Å². The van der Waals surface area contributed by atoms with Crippen LogP contribution in [-0.2, 0) is 4.79 Å². The van der Waals surface area contributed by atoms with E-state index in [1.807, 2.05) is 19.9 Å². The Labute approximate surface area is 138 Å². The molecule has 1 amide bonds. The highest BCUT2D eigenvalue weighted by Gasteiger charge is 2.34. The van der Waals surface area contributed by atoms with Crippen molar-refractivity contribution in [2.75, 3.05) is 6.54 Å². The van der Waals surface area contributed by atoms with Crippen LogP contribution in [0.3, 0.4) is 0 Å². The molecule has 3 rings (SSSR count). The SMILES string of the molecule is Cc1cc(C)n(-c2ccc(C(=O)N3CCC[C@H]3C(=O)O)cc2F)n1. The average Bonchev–Trinajstić information content (AvgIpc) is 3.13. The number of benzene rings is 1. The number of carbonyl (C=O) groups excluding carboxylic acids is 1. The molecule has 2 aromatic rings. The number of hydrogen-bond donors (Lipinski definition) is 1. The average molecular weight is 331 g/mol. The fraction of sp³-hybridized carbons (Fsp3) is 0.353. The lowest BCUT2D eigenvalue weighted by Gasteiger charge is -2.21. The van der Waals surface area contributed by atoms with E-state index in [0.717, 1.165) is 17.5 Å². The second-order valence-corrected chi connectivity index (χ2v) is 6.00. The number of aromatic nitrogens is 2. The predicted octanol–water partition coefficient (Wildman–Crippen LogP) is 2.32. The van der Waals surface area contributed by atoms with Gasteiger partial charge in [-0.3, -0.25) is 4.79 Å². The number of halogens is 1.